The van der Waals surface area contributed by atoms with Crippen molar-refractivity contribution in [1.82, 2.24) is 14.8 Å². The number of carbonyl (C=O) groups is 1. The molecule has 162 valence electrons. The predicted octanol–water partition coefficient (Wildman–Crippen LogP) is 6.96. The number of benzene rings is 4. The first-order chi connectivity index (χ1) is 16.0. The summed E-state index contributed by atoms with van der Waals surface area (Å²) < 4.78 is 1.61. The molecule has 0 aliphatic rings. The molecule has 0 bridgehead atoms. The van der Waals surface area contributed by atoms with Gasteiger partial charge in [-0.05, 0) is 42.6 Å². The predicted molar refractivity (Wildman–Crippen MR) is 133 cm³/mol. The topological polar surface area (TPSA) is 59.8 Å². The molecule has 7 heteroatoms. The molecule has 0 fully saturated rings. The molecule has 0 spiro atoms. The van der Waals surface area contributed by atoms with E-state index in [0.29, 0.717) is 27.2 Å². The lowest BCUT2D eigenvalue weighted by Gasteiger charge is -2.08. The molecule has 0 aliphatic carbocycles. The zero-order valence-electron chi connectivity index (χ0n) is 17.6. The number of aromatic nitrogens is 3. The molecule has 33 heavy (non-hydrogen) atoms. The van der Waals surface area contributed by atoms with Gasteiger partial charge in [-0.25, -0.2) is 9.67 Å². The van der Waals surface area contributed by atoms with Gasteiger partial charge in [-0.15, -0.1) is 5.10 Å². The van der Waals surface area contributed by atoms with Crippen molar-refractivity contribution in [3.63, 3.8) is 0 Å². The van der Waals surface area contributed by atoms with Crippen LogP contribution in [0.2, 0.25) is 10.0 Å². The minimum Gasteiger partial charge on any atom is -0.319 e. The van der Waals surface area contributed by atoms with Gasteiger partial charge in [0.1, 0.15) is 0 Å². The molecule has 0 saturated heterocycles. The number of halogens is 2. The standard InChI is InChI=1S/C26H18Cl2N4O/c1-16-6-4-9-18(14-16)25-30-24(31-32(25)19-12-13-21(27)22(28)15-19)26(33)29-23-11-5-8-17-7-2-3-10-20(17)23/h2-15H,1H3,(H,29,33). The van der Waals surface area contributed by atoms with E-state index in [4.69, 9.17) is 23.2 Å². The number of amides is 1. The van der Waals surface area contributed by atoms with Gasteiger partial charge in [-0.1, -0.05) is 83.4 Å². The van der Waals surface area contributed by atoms with Gasteiger partial charge in [0.2, 0.25) is 5.82 Å². The number of nitrogens with one attached hydrogen (secondary N) is 1. The Kier molecular flexibility index (Phi) is 5.58. The first-order valence-corrected chi connectivity index (χ1v) is 11.0. The molecule has 1 amide bonds. The average Bonchev–Trinajstić information content (AvgIpc) is 3.27. The molecule has 0 unspecified atom stereocenters. The van der Waals surface area contributed by atoms with Crippen LogP contribution in [0.15, 0.2) is 84.9 Å². The van der Waals surface area contributed by atoms with Gasteiger partial charge in [0.25, 0.3) is 5.91 Å². The monoisotopic (exact) mass is 472 g/mol. The number of nitrogens with zero attached hydrogens (tertiary/aromatic N) is 3. The SMILES string of the molecule is Cc1cccc(-c2nc(C(=O)Nc3cccc4ccccc34)nn2-c2ccc(Cl)c(Cl)c2)c1. The number of anilines is 1. The van der Waals surface area contributed by atoms with E-state index in [0.717, 1.165) is 21.9 Å². The smallest absolute Gasteiger partial charge is 0.295 e. The molecular weight excluding hydrogens is 455 g/mol. The Morgan fingerprint density at radius 1 is 0.879 bits per heavy atom. The maximum absolute atomic E-state index is 13.2. The molecule has 5 aromatic rings. The number of carbonyl (C=O) groups excluding carboxylic acids is 1. The Hall–Kier alpha value is -3.67. The summed E-state index contributed by atoms with van der Waals surface area (Å²) in [6.45, 7) is 2.00. The fourth-order valence-corrected chi connectivity index (χ4v) is 3.98. The third-order valence-corrected chi connectivity index (χ3v) is 6.01. The maximum atomic E-state index is 13.2. The highest BCUT2D eigenvalue weighted by atomic mass is 35.5. The normalized spacial score (nSPS) is 11.0. The summed E-state index contributed by atoms with van der Waals surface area (Å²) in [6.07, 6.45) is 0. The zero-order valence-corrected chi connectivity index (χ0v) is 19.1. The summed E-state index contributed by atoms with van der Waals surface area (Å²) in [5.41, 5.74) is 3.24. The Labute approximate surface area is 200 Å². The highest BCUT2D eigenvalue weighted by molar-refractivity contribution is 6.42. The van der Waals surface area contributed by atoms with Crippen LogP contribution in [0.1, 0.15) is 16.2 Å². The van der Waals surface area contributed by atoms with Crippen molar-refractivity contribution < 1.29 is 4.79 Å². The summed E-state index contributed by atoms with van der Waals surface area (Å²) >= 11 is 12.3. The molecule has 5 rings (SSSR count). The van der Waals surface area contributed by atoms with Crippen LogP contribution in [0.5, 0.6) is 0 Å². The van der Waals surface area contributed by atoms with Gasteiger partial charge in [0.05, 0.1) is 15.7 Å². The van der Waals surface area contributed by atoms with Gasteiger partial charge in [0.15, 0.2) is 5.82 Å². The van der Waals surface area contributed by atoms with E-state index in [1.54, 1.807) is 22.9 Å². The van der Waals surface area contributed by atoms with E-state index in [-0.39, 0.29) is 5.82 Å². The Balaban J connectivity index is 1.59. The third-order valence-electron chi connectivity index (χ3n) is 5.27. The van der Waals surface area contributed by atoms with Crippen molar-refractivity contribution in [2.75, 3.05) is 5.32 Å². The van der Waals surface area contributed by atoms with Crippen molar-refractivity contribution in [1.29, 1.82) is 0 Å². The van der Waals surface area contributed by atoms with Gasteiger partial charge >= 0.3 is 0 Å². The first-order valence-electron chi connectivity index (χ1n) is 10.3. The summed E-state index contributed by atoms with van der Waals surface area (Å²) in [7, 11) is 0. The van der Waals surface area contributed by atoms with E-state index in [1.807, 2.05) is 73.7 Å². The average molecular weight is 473 g/mol. The second-order valence-electron chi connectivity index (χ2n) is 7.62. The molecular formula is C26H18Cl2N4O. The van der Waals surface area contributed by atoms with E-state index in [9.17, 15) is 4.79 Å². The van der Waals surface area contributed by atoms with Gasteiger partial charge in [0, 0.05) is 16.6 Å². The Morgan fingerprint density at radius 3 is 2.48 bits per heavy atom. The summed E-state index contributed by atoms with van der Waals surface area (Å²) in [5.74, 6) is 0.171. The van der Waals surface area contributed by atoms with Crippen LogP contribution in [0.3, 0.4) is 0 Å². The van der Waals surface area contributed by atoms with Crippen LogP contribution in [-0.4, -0.2) is 20.7 Å². The largest absolute Gasteiger partial charge is 0.319 e. The lowest BCUT2D eigenvalue weighted by atomic mass is 10.1. The second-order valence-corrected chi connectivity index (χ2v) is 8.43. The van der Waals surface area contributed by atoms with Crippen LogP contribution < -0.4 is 5.32 Å². The van der Waals surface area contributed by atoms with Crippen LogP contribution in [-0.2, 0) is 0 Å². The first kappa shape index (κ1) is 21.2. The van der Waals surface area contributed by atoms with Gasteiger partial charge in [-0.2, -0.15) is 0 Å². The van der Waals surface area contributed by atoms with Crippen LogP contribution >= 0.6 is 23.2 Å². The number of hydrogen-bond acceptors (Lipinski definition) is 3. The minimum absolute atomic E-state index is 0.0468. The number of rotatable bonds is 4. The van der Waals surface area contributed by atoms with Crippen LogP contribution in [0, 0.1) is 6.92 Å². The van der Waals surface area contributed by atoms with Crippen LogP contribution in [0.25, 0.3) is 27.8 Å². The number of hydrogen-bond donors (Lipinski definition) is 1. The molecule has 5 nitrogen and oxygen atoms in total. The molecule has 0 saturated carbocycles. The van der Waals surface area contributed by atoms with Crippen molar-refractivity contribution in [2.45, 2.75) is 6.92 Å². The highest BCUT2D eigenvalue weighted by Gasteiger charge is 2.20. The van der Waals surface area contributed by atoms with Gasteiger partial charge in [-0.3, -0.25) is 4.79 Å². The third kappa shape index (κ3) is 4.21. The molecule has 1 N–H and O–H groups in total. The maximum Gasteiger partial charge on any atom is 0.295 e. The Bertz CT molecular complexity index is 1500. The molecule has 0 atom stereocenters. The van der Waals surface area contributed by atoms with Crippen LogP contribution in [0.4, 0.5) is 5.69 Å². The molecule has 0 aliphatic heterocycles. The van der Waals surface area contributed by atoms with Gasteiger partial charge < -0.3 is 5.32 Å². The fourth-order valence-electron chi connectivity index (χ4n) is 3.69. The molecule has 1 heterocycles. The van der Waals surface area contributed by atoms with Crippen molar-refractivity contribution >= 4 is 45.6 Å². The summed E-state index contributed by atoms with van der Waals surface area (Å²) in [5, 5.41) is 10.3. The zero-order chi connectivity index (χ0) is 22.9. The van der Waals surface area contributed by atoms with E-state index >= 15 is 0 Å². The summed E-state index contributed by atoms with van der Waals surface area (Å²) in [4.78, 5) is 17.8. The van der Waals surface area contributed by atoms with E-state index < -0.39 is 5.91 Å². The number of fused-ring (bicyclic) bond motifs is 1. The van der Waals surface area contributed by atoms with Crippen molar-refractivity contribution in [3.05, 3.63) is 106 Å². The van der Waals surface area contributed by atoms with E-state index in [1.165, 1.54) is 0 Å². The lowest BCUT2D eigenvalue weighted by Crippen LogP contribution is -2.14. The Morgan fingerprint density at radius 2 is 1.67 bits per heavy atom. The molecule has 4 aromatic carbocycles. The van der Waals surface area contributed by atoms with Crippen molar-refractivity contribution in [2.24, 2.45) is 0 Å². The molecule has 1 aromatic heterocycles. The van der Waals surface area contributed by atoms with Crippen molar-refractivity contribution in [3.8, 4) is 17.1 Å². The second kappa shape index (κ2) is 8.70. The molecule has 0 radical (unpaired) electrons. The quantitative estimate of drug-likeness (QED) is 0.307. The number of aryl methyl sites for hydroxylation is 1. The lowest BCUT2D eigenvalue weighted by molar-refractivity contribution is 0.101. The fraction of sp³-hybridized carbons (Fsp3) is 0.0385. The highest BCUT2D eigenvalue weighted by Crippen LogP contribution is 2.28. The van der Waals surface area contributed by atoms with E-state index in [2.05, 4.69) is 15.4 Å². The summed E-state index contributed by atoms with van der Waals surface area (Å²) in [6, 6.07) is 26.6. The minimum atomic E-state index is -0.404.